The first kappa shape index (κ1) is 10.2. The van der Waals surface area contributed by atoms with E-state index >= 15 is 0 Å². The Morgan fingerprint density at radius 1 is 1.64 bits per heavy atom. The minimum Gasteiger partial charge on any atom is -0.351 e. The number of rotatable bonds is 3. The van der Waals surface area contributed by atoms with Gasteiger partial charge in [0, 0.05) is 13.0 Å². The van der Waals surface area contributed by atoms with E-state index in [1.807, 2.05) is 26.2 Å². The van der Waals surface area contributed by atoms with Gasteiger partial charge in [0.1, 0.15) is 5.84 Å². The van der Waals surface area contributed by atoms with Gasteiger partial charge in [0.2, 0.25) is 0 Å². The van der Waals surface area contributed by atoms with Crippen molar-refractivity contribution in [2.75, 3.05) is 7.05 Å². The maximum atomic E-state index is 4.15. The Balaban J connectivity index is 3.96. The first-order chi connectivity index (χ1) is 5.26. The molecule has 2 heteroatoms. The topological polar surface area (TPSA) is 24.4 Å². The number of nitrogens with zero attached hydrogens (tertiary/aromatic N) is 1. The summed E-state index contributed by atoms with van der Waals surface area (Å²) in [5.74, 6) is 1.58. The third-order valence-electron chi connectivity index (χ3n) is 1.72. The standard InChI is InChI=1S/C9H18N2/c1-5-7-11-9(10-4)8(3)6-2/h5,7-8H,6H2,1-4H3,(H,10,11)/b7-5-. The Labute approximate surface area is 69.4 Å². The Morgan fingerprint density at radius 2 is 2.27 bits per heavy atom. The van der Waals surface area contributed by atoms with Crippen LogP contribution in [0.3, 0.4) is 0 Å². The lowest BCUT2D eigenvalue weighted by Crippen LogP contribution is -2.24. The van der Waals surface area contributed by atoms with Crippen LogP contribution in [0.2, 0.25) is 0 Å². The van der Waals surface area contributed by atoms with Crippen molar-refractivity contribution in [3.05, 3.63) is 12.3 Å². The van der Waals surface area contributed by atoms with E-state index in [2.05, 4.69) is 24.2 Å². The van der Waals surface area contributed by atoms with Crippen molar-refractivity contribution >= 4 is 5.84 Å². The van der Waals surface area contributed by atoms with Gasteiger partial charge in [-0.25, -0.2) is 0 Å². The summed E-state index contributed by atoms with van der Waals surface area (Å²) in [4.78, 5) is 4.15. The van der Waals surface area contributed by atoms with Gasteiger partial charge in [-0.05, 0) is 19.5 Å². The predicted octanol–water partition coefficient (Wildman–Crippen LogP) is 2.18. The number of allylic oxidation sites excluding steroid dienone is 1. The Kier molecular flexibility index (Phi) is 5.53. The van der Waals surface area contributed by atoms with Gasteiger partial charge in [-0.2, -0.15) is 0 Å². The van der Waals surface area contributed by atoms with E-state index in [0.29, 0.717) is 5.92 Å². The summed E-state index contributed by atoms with van der Waals surface area (Å²) in [5.41, 5.74) is 0. The van der Waals surface area contributed by atoms with Gasteiger partial charge in [-0.3, -0.25) is 4.99 Å². The zero-order chi connectivity index (χ0) is 8.69. The predicted molar refractivity (Wildman–Crippen MR) is 50.8 cm³/mol. The van der Waals surface area contributed by atoms with Crippen molar-refractivity contribution in [2.24, 2.45) is 10.9 Å². The molecule has 1 unspecified atom stereocenters. The van der Waals surface area contributed by atoms with E-state index in [9.17, 15) is 0 Å². The summed E-state index contributed by atoms with van der Waals surface area (Å²) in [5, 5.41) is 3.14. The number of hydrogen-bond acceptors (Lipinski definition) is 1. The van der Waals surface area contributed by atoms with Crippen molar-refractivity contribution in [2.45, 2.75) is 27.2 Å². The molecule has 11 heavy (non-hydrogen) atoms. The molecule has 0 heterocycles. The fourth-order valence-electron chi connectivity index (χ4n) is 0.789. The average Bonchev–Trinajstić information content (AvgIpc) is 2.05. The van der Waals surface area contributed by atoms with Crippen LogP contribution >= 0.6 is 0 Å². The van der Waals surface area contributed by atoms with Gasteiger partial charge in [0.25, 0.3) is 0 Å². The lowest BCUT2D eigenvalue weighted by Gasteiger charge is -2.11. The van der Waals surface area contributed by atoms with Gasteiger partial charge >= 0.3 is 0 Å². The Morgan fingerprint density at radius 3 is 2.64 bits per heavy atom. The molecule has 0 saturated carbocycles. The number of nitrogens with one attached hydrogen (secondary N) is 1. The summed E-state index contributed by atoms with van der Waals surface area (Å²) >= 11 is 0. The van der Waals surface area contributed by atoms with Crippen molar-refractivity contribution in [1.82, 2.24) is 5.32 Å². The monoisotopic (exact) mass is 154 g/mol. The summed E-state index contributed by atoms with van der Waals surface area (Å²) in [6.07, 6.45) is 5.00. The molecule has 0 aromatic heterocycles. The van der Waals surface area contributed by atoms with Gasteiger partial charge in [0.15, 0.2) is 0 Å². The van der Waals surface area contributed by atoms with Crippen molar-refractivity contribution < 1.29 is 0 Å². The number of aliphatic imine (C=N–C) groups is 1. The molecule has 1 N–H and O–H groups in total. The van der Waals surface area contributed by atoms with E-state index in [1.165, 1.54) is 0 Å². The molecule has 0 saturated heterocycles. The van der Waals surface area contributed by atoms with Crippen LogP contribution in [-0.2, 0) is 0 Å². The smallest absolute Gasteiger partial charge is 0.103 e. The van der Waals surface area contributed by atoms with E-state index in [4.69, 9.17) is 0 Å². The summed E-state index contributed by atoms with van der Waals surface area (Å²) in [7, 11) is 1.82. The molecule has 0 aliphatic carbocycles. The molecule has 0 radical (unpaired) electrons. The van der Waals surface area contributed by atoms with Crippen LogP contribution in [-0.4, -0.2) is 12.9 Å². The summed E-state index contributed by atoms with van der Waals surface area (Å²) in [6, 6.07) is 0. The minimum absolute atomic E-state index is 0.524. The minimum atomic E-state index is 0.524. The number of amidine groups is 1. The van der Waals surface area contributed by atoms with Crippen molar-refractivity contribution in [1.29, 1.82) is 0 Å². The first-order valence-electron chi connectivity index (χ1n) is 4.10. The summed E-state index contributed by atoms with van der Waals surface area (Å²) < 4.78 is 0. The average molecular weight is 154 g/mol. The van der Waals surface area contributed by atoms with Gasteiger partial charge in [0.05, 0.1) is 0 Å². The maximum Gasteiger partial charge on any atom is 0.103 e. The van der Waals surface area contributed by atoms with Gasteiger partial charge in [-0.1, -0.05) is 19.9 Å². The van der Waals surface area contributed by atoms with Crippen LogP contribution < -0.4 is 5.32 Å². The number of hydrogen-bond donors (Lipinski definition) is 1. The Bertz CT molecular complexity index is 148. The molecule has 0 aromatic rings. The van der Waals surface area contributed by atoms with E-state index in [-0.39, 0.29) is 0 Å². The van der Waals surface area contributed by atoms with E-state index in [1.54, 1.807) is 0 Å². The van der Waals surface area contributed by atoms with E-state index < -0.39 is 0 Å². The first-order valence-corrected chi connectivity index (χ1v) is 4.10. The van der Waals surface area contributed by atoms with Crippen LogP contribution in [0.4, 0.5) is 0 Å². The molecule has 0 spiro atoms. The molecular formula is C9H18N2. The van der Waals surface area contributed by atoms with Crippen LogP contribution in [0.15, 0.2) is 17.3 Å². The van der Waals surface area contributed by atoms with Gasteiger partial charge in [-0.15, -0.1) is 0 Å². The third-order valence-corrected chi connectivity index (χ3v) is 1.72. The van der Waals surface area contributed by atoms with Crippen molar-refractivity contribution in [3.63, 3.8) is 0 Å². The van der Waals surface area contributed by atoms with Crippen LogP contribution in [0.1, 0.15) is 27.2 Å². The second-order valence-corrected chi connectivity index (χ2v) is 2.56. The molecule has 0 amide bonds. The quantitative estimate of drug-likeness (QED) is 0.489. The highest BCUT2D eigenvalue weighted by Gasteiger charge is 2.04. The van der Waals surface area contributed by atoms with E-state index in [0.717, 1.165) is 12.3 Å². The van der Waals surface area contributed by atoms with Crippen LogP contribution in [0.5, 0.6) is 0 Å². The molecule has 2 nitrogen and oxygen atoms in total. The molecule has 0 rings (SSSR count). The molecule has 0 fully saturated rings. The normalized spacial score (nSPS) is 15.5. The lowest BCUT2D eigenvalue weighted by molar-refractivity contribution is 0.718. The van der Waals surface area contributed by atoms with Gasteiger partial charge < -0.3 is 5.32 Å². The van der Waals surface area contributed by atoms with Crippen LogP contribution in [0, 0.1) is 5.92 Å². The highest BCUT2D eigenvalue weighted by atomic mass is 15.0. The third kappa shape index (κ3) is 3.81. The molecular weight excluding hydrogens is 136 g/mol. The molecule has 0 aliphatic rings. The second kappa shape index (κ2) is 5.96. The molecule has 0 aliphatic heterocycles. The largest absolute Gasteiger partial charge is 0.351 e. The Hall–Kier alpha value is -0.790. The van der Waals surface area contributed by atoms with Crippen LogP contribution in [0.25, 0.3) is 0 Å². The highest BCUT2D eigenvalue weighted by Crippen LogP contribution is 2.01. The van der Waals surface area contributed by atoms with Crippen molar-refractivity contribution in [3.8, 4) is 0 Å². The molecule has 0 bridgehead atoms. The fourth-order valence-corrected chi connectivity index (χ4v) is 0.789. The molecule has 1 atom stereocenters. The zero-order valence-electron chi connectivity index (χ0n) is 7.89. The second-order valence-electron chi connectivity index (χ2n) is 2.56. The fraction of sp³-hybridized carbons (Fsp3) is 0.667. The SMILES string of the molecule is C/C=C\NC(=NC)C(C)CC. The highest BCUT2D eigenvalue weighted by molar-refractivity contribution is 5.84. The summed E-state index contributed by atoms with van der Waals surface area (Å²) in [6.45, 7) is 6.31. The molecule has 64 valence electrons. The molecule has 0 aromatic carbocycles. The lowest BCUT2D eigenvalue weighted by atomic mass is 10.1. The maximum absolute atomic E-state index is 4.15. The zero-order valence-corrected chi connectivity index (χ0v) is 7.89.